The van der Waals surface area contributed by atoms with Crippen LogP contribution in [-0.4, -0.2) is 35.2 Å². The first-order valence-electron chi connectivity index (χ1n) is 3.97. The molecule has 0 aliphatic heterocycles. The van der Waals surface area contributed by atoms with Crippen LogP contribution in [0.25, 0.3) is 0 Å². The van der Waals surface area contributed by atoms with E-state index in [1.54, 1.807) is 5.48 Å². The summed E-state index contributed by atoms with van der Waals surface area (Å²) in [7, 11) is 0. The van der Waals surface area contributed by atoms with Crippen molar-refractivity contribution in [3.8, 4) is 0 Å². The van der Waals surface area contributed by atoms with Gasteiger partial charge in [-0.05, 0) is 13.8 Å². The highest BCUT2D eigenvalue weighted by atomic mass is 16.7. The van der Waals surface area contributed by atoms with Crippen LogP contribution < -0.4 is 16.5 Å². The molecular weight excluding hydrogens is 206 g/mol. The molecular formula is C7H13N3O5. The van der Waals surface area contributed by atoms with Gasteiger partial charge in [0.25, 0.3) is 0 Å². The molecule has 0 aromatic carbocycles. The Labute approximate surface area is 85.7 Å². The number of primary amides is 1. The van der Waals surface area contributed by atoms with Crippen molar-refractivity contribution in [3.63, 3.8) is 0 Å². The Bertz CT molecular complexity index is 276. The molecule has 0 aromatic heterocycles. The standard InChI is InChI=1S/C7H13N3O5/c1-7(2,5(8)13)9-6(14)10-15-3-4(11)12/h3H2,1-2H3,(H2,8,13)(H,11,12)(H2,9,10,14). The fourth-order valence-electron chi connectivity index (χ4n) is 0.534. The minimum Gasteiger partial charge on any atom is -0.479 e. The van der Waals surface area contributed by atoms with Crippen LogP contribution >= 0.6 is 0 Å². The predicted molar refractivity (Wildman–Crippen MR) is 48.5 cm³/mol. The number of carbonyl (C=O) groups excluding carboxylic acids is 2. The molecule has 0 aromatic rings. The predicted octanol–water partition coefficient (Wildman–Crippen LogP) is -1.43. The first kappa shape index (κ1) is 13.2. The monoisotopic (exact) mass is 219 g/mol. The number of rotatable bonds is 5. The molecule has 0 bridgehead atoms. The van der Waals surface area contributed by atoms with Crippen LogP contribution in [0, 0.1) is 0 Å². The zero-order valence-corrected chi connectivity index (χ0v) is 8.36. The van der Waals surface area contributed by atoms with Gasteiger partial charge < -0.3 is 16.2 Å². The lowest BCUT2D eigenvalue weighted by molar-refractivity contribution is -0.144. The van der Waals surface area contributed by atoms with Crippen LogP contribution in [0.3, 0.4) is 0 Å². The lowest BCUT2D eigenvalue weighted by Crippen LogP contribution is -2.55. The molecule has 0 heterocycles. The van der Waals surface area contributed by atoms with Crippen molar-refractivity contribution >= 4 is 17.9 Å². The number of urea groups is 1. The SMILES string of the molecule is CC(C)(NC(=O)NOCC(=O)O)C(N)=O. The summed E-state index contributed by atoms with van der Waals surface area (Å²) >= 11 is 0. The van der Waals surface area contributed by atoms with Crippen molar-refractivity contribution in [2.45, 2.75) is 19.4 Å². The van der Waals surface area contributed by atoms with Gasteiger partial charge in [-0.2, -0.15) is 0 Å². The Morgan fingerprint density at radius 1 is 1.40 bits per heavy atom. The van der Waals surface area contributed by atoms with Crippen LogP contribution in [0.5, 0.6) is 0 Å². The summed E-state index contributed by atoms with van der Waals surface area (Å²) in [6, 6.07) is -0.847. The summed E-state index contributed by atoms with van der Waals surface area (Å²) in [5.74, 6) is -1.96. The van der Waals surface area contributed by atoms with E-state index in [0.29, 0.717) is 0 Å². The van der Waals surface area contributed by atoms with E-state index < -0.39 is 30.1 Å². The smallest absolute Gasteiger partial charge is 0.339 e. The lowest BCUT2D eigenvalue weighted by Gasteiger charge is -2.21. The van der Waals surface area contributed by atoms with Crippen molar-refractivity contribution in [2.24, 2.45) is 5.73 Å². The van der Waals surface area contributed by atoms with E-state index in [2.05, 4.69) is 10.2 Å². The van der Waals surface area contributed by atoms with Gasteiger partial charge in [-0.3, -0.25) is 9.63 Å². The Balaban J connectivity index is 3.94. The second-order valence-electron chi connectivity index (χ2n) is 3.23. The van der Waals surface area contributed by atoms with Crippen molar-refractivity contribution in [2.75, 3.05) is 6.61 Å². The maximum absolute atomic E-state index is 11.0. The molecule has 86 valence electrons. The molecule has 8 heteroatoms. The zero-order valence-electron chi connectivity index (χ0n) is 8.36. The fourth-order valence-corrected chi connectivity index (χ4v) is 0.534. The molecule has 0 rings (SSSR count). The molecule has 0 radical (unpaired) electrons. The second-order valence-corrected chi connectivity index (χ2v) is 3.23. The molecule has 0 saturated heterocycles. The van der Waals surface area contributed by atoms with Gasteiger partial charge in [0.1, 0.15) is 5.54 Å². The summed E-state index contributed by atoms with van der Waals surface area (Å²) in [6.07, 6.45) is 0. The summed E-state index contributed by atoms with van der Waals surface area (Å²) in [4.78, 5) is 36.1. The van der Waals surface area contributed by atoms with Crippen LogP contribution in [0.4, 0.5) is 4.79 Å². The topological polar surface area (TPSA) is 131 Å². The summed E-state index contributed by atoms with van der Waals surface area (Å²) < 4.78 is 0. The molecule has 0 spiro atoms. The number of carbonyl (C=O) groups is 3. The van der Waals surface area contributed by atoms with E-state index in [0.717, 1.165) is 0 Å². The average molecular weight is 219 g/mol. The van der Waals surface area contributed by atoms with E-state index in [1.807, 2.05) is 0 Å². The minimum absolute atomic E-state index is 0.676. The summed E-state index contributed by atoms with van der Waals surface area (Å²) in [5, 5.41) is 10.4. The largest absolute Gasteiger partial charge is 0.479 e. The van der Waals surface area contributed by atoms with Crippen molar-refractivity contribution in [3.05, 3.63) is 0 Å². The molecule has 5 N–H and O–H groups in total. The number of hydroxylamine groups is 1. The van der Waals surface area contributed by atoms with Gasteiger partial charge in [0.2, 0.25) is 5.91 Å². The van der Waals surface area contributed by atoms with E-state index in [-0.39, 0.29) is 0 Å². The van der Waals surface area contributed by atoms with Gasteiger partial charge in [0, 0.05) is 0 Å². The third-order valence-electron chi connectivity index (χ3n) is 1.40. The van der Waals surface area contributed by atoms with Crippen molar-refractivity contribution < 1.29 is 24.3 Å². The Hall–Kier alpha value is -1.83. The summed E-state index contributed by atoms with van der Waals surface area (Å²) in [5.41, 5.74) is 5.53. The number of amides is 3. The fraction of sp³-hybridized carbons (Fsp3) is 0.571. The van der Waals surface area contributed by atoms with Gasteiger partial charge >= 0.3 is 12.0 Å². The zero-order chi connectivity index (χ0) is 12.1. The Kier molecular flexibility index (Phi) is 4.52. The van der Waals surface area contributed by atoms with Gasteiger partial charge in [-0.1, -0.05) is 0 Å². The first-order valence-corrected chi connectivity index (χ1v) is 3.97. The maximum atomic E-state index is 11.0. The van der Waals surface area contributed by atoms with Crippen LogP contribution in [0.15, 0.2) is 0 Å². The van der Waals surface area contributed by atoms with Crippen LogP contribution in [-0.2, 0) is 14.4 Å². The molecule has 0 saturated carbocycles. The highest BCUT2D eigenvalue weighted by molar-refractivity contribution is 5.88. The lowest BCUT2D eigenvalue weighted by atomic mass is 10.1. The molecule has 0 aliphatic rings. The quantitative estimate of drug-likeness (QED) is 0.421. The summed E-state index contributed by atoms with van der Waals surface area (Å²) in [6.45, 7) is 2.11. The van der Waals surface area contributed by atoms with E-state index in [9.17, 15) is 14.4 Å². The normalized spacial score (nSPS) is 10.5. The molecule has 0 fully saturated rings. The highest BCUT2D eigenvalue weighted by Crippen LogP contribution is 1.99. The van der Waals surface area contributed by atoms with Gasteiger partial charge in [0.15, 0.2) is 6.61 Å². The molecule has 15 heavy (non-hydrogen) atoms. The number of nitrogens with one attached hydrogen (secondary N) is 2. The molecule has 3 amide bonds. The number of carboxylic acid groups (broad SMARTS) is 1. The Morgan fingerprint density at radius 3 is 2.33 bits per heavy atom. The maximum Gasteiger partial charge on any atom is 0.339 e. The highest BCUT2D eigenvalue weighted by Gasteiger charge is 2.26. The number of hydrogen-bond acceptors (Lipinski definition) is 4. The molecule has 0 aliphatic carbocycles. The van der Waals surface area contributed by atoms with E-state index in [4.69, 9.17) is 10.8 Å². The van der Waals surface area contributed by atoms with E-state index >= 15 is 0 Å². The number of aliphatic carboxylic acids is 1. The van der Waals surface area contributed by atoms with Crippen molar-refractivity contribution in [1.29, 1.82) is 0 Å². The third-order valence-corrected chi connectivity index (χ3v) is 1.40. The van der Waals surface area contributed by atoms with Crippen molar-refractivity contribution in [1.82, 2.24) is 10.8 Å². The third kappa shape index (κ3) is 5.47. The van der Waals surface area contributed by atoms with Gasteiger partial charge in [-0.15, -0.1) is 0 Å². The number of carboxylic acids is 1. The minimum atomic E-state index is -1.24. The van der Waals surface area contributed by atoms with Gasteiger partial charge in [0.05, 0.1) is 0 Å². The molecule has 0 unspecified atom stereocenters. The van der Waals surface area contributed by atoms with Crippen LogP contribution in [0.1, 0.15) is 13.8 Å². The second kappa shape index (κ2) is 5.15. The average Bonchev–Trinajstić information content (AvgIpc) is 2.01. The van der Waals surface area contributed by atoms with Gasteiger partial charge in [-0.25, -0.2) is 15.1 Å². The van der Waals surface area contributed by atoms with Crippen LogP contribution in [0.2, 0.25) is 0 Å². The first-order chi connectivity index (χ1) is 6.75. The number of hydrogen-bond donors (Lipinski definition) is 4. The molecule has 8 nitrogen and oxygen atoms in total. The number of nitrogens with two attached hydrogens (primary N) is 1. The van der Waals surface area contributed by atoms with E-state index in [1.165, 1.54) is 13.8 Å². The molecule has 0 atom stereocenters. The Morgan fingerprint density at radius 2 is 1.93 bits per heavy atom.